The first-order valence-corrected chi connectivity index (χ1v) is 6.32. The van der Waals surface area contributed by atoms with Gasteiger partial charge in [0.25, 0.3) is 0 Å². The Kier molecular flexibility index (Phi) is 4.96. The Hall–Kier alpha value is -0.190. The van der Waals surface area contributed by atoms with Crippen LogP contribution in [-0.4, -0.2) is 42.7 Å². The third-order valence-electron chi connectivity index (χ3n) is 3.08. The molecule has 2 aliphatic heterocycles. The van der Waals surface area contributed by atoms with Gasteiger partial charge in [-0.05, 0) is 24.0 Å². The van der Waals surface area contributed by atoms with Gasteiger partial charge in [0.05, 0.1) is 0 Å². The van der Waals surface area contributed by atoms with Crippen molar-refractivity contribution in [2.45, 2.75) is 12.5 Å². The zero-order chi connectivity index (χ0) is 9.97. The highest BCUT2D eigenvalue weighted by atomic mass is 35.5. The molecule has 0 aliphatic carbocycles. The second-order valence-corrected chi connectivity index (χ2v) is 4.59. The molecule has 2 aliphatic rings. The largest absolute Gasteiger partial charge is 0.335 e. The van der Waals surface area contributed by atoms with E-state index in [-0.39, 0.29) is 18.3 Å². The molecule has 0 bridgehead atoms. The molecule has 2 rings (SSSR count). The molecular weight excluding hydrogens is 232 g/mol. The second kappa shape index (κ2) is 5.77. The molecular formula is C10H17ClN2OS. The smallest absolute Gasteiger partial charge is 0.247 e. The summed E-state index contributed by atoms with van der Waals surface area (Å²) < 4.78 is 0. The standard InChI is InChI=1S/C10H16N2OS.ClH/c1-14-5-3-10(13)12-4-2-8-6-11-7-9(8)12;/h3,5,8-9,11H,2,4,6-7H2,1H3;1H/b5-3+;/t8-,9+;/m0./s1. The van der Waals surface area contributed by atoms with Crippen molar-refractivity contribution >= 4 is 30.1 Å². The van der Waals surface area contributed by atoms with Crippen LogP contribution in [0.4, 0.5) is 0 Å². The minimum Gasteiger partial charge on any atom is -0.335 e. The van der Waals surface area contributed by atoms with E-state index in [0.717, 1.165) is 26.1 Å². The van der Waals surface area contributed by atoms with E-state index in [1.165, 1.54) is 0 Å². The van der Waals surface area contributed by atoms with Gasteiger partial charge in [-0.2, -0.15) is 0 Å². The highest BCUT2D eigenvalue weighted by Crippen LogP contribution is 2.27. The van der Waals surface area contributed by atoms with Crippen LogP contribution in [0.2, 0.25) is 0 Å². The lowest BCUT2D eigenvalue weighted by molar-refractivity contribution is -0.126. The topological polar surface area (TPSA) is 32.3 Å². The van der Waals surface area contributed by atoms with Crippen molar-refractivity contribution in [3.8, 4) is 0 Å². The lowest BCUT2D eigenvalue weighted by Gasteiger charge is -2.21. The number of hydrogen-bond donors (Lipinski definition) is 1. The van der Waals surface area contributed by atoms with Gasteiger partial charge in [0, 0.05) is 31.8 Å². The molecule has 0 aromatic heterocycles. The number of halogens is 1. The predicted molar refractivity (Wildman–Crippen MR) is 66.4 cm³/mol. The number of carbonyl (C=O) groups is 1. The third kappa shape index (κ3) is 2.68. The number of carbonyl (C=O) groups excluding carboxylic acids is 1. The van der Waals surface area contributed by atoms with Gasteiger partial charge in [-0.1, -0.05) is 0 Å². The number of hydrogen-bond acceptors (Lipinski definition) is 3. The molecule has 1 amide bonds. The highest BCUT2D eigenvalue weighted by Gasteiger charge is 2.38. The van der Waals surface area contributed by atoms with Crippen molar-refractivity contribution in [1.29, 1.82) is 0 Å². The van der Waals surface area contributed by atoms with Crippen molar-refractivity contribution in [1.82, 2.24) is 10.2 Å². The molecule has 2 saturated heterocycles. The van der Waals surface area contributed by atoms with Crippen molar-refractivity contribution in [3.05, 3.63) is 11.5 Å². The molecule has 5 heteroatoms. The normalized spacial score (nSPS) is 29.3. The van der Waals surface area contributed by atoms with Gasteiger partial charge in [0.2, 0.25) is 5.91 Å². The lowest BCUT2D eigenvalue weighted by atomic mass is 10.1. The Bertz CT molecular complexity index is 260. The zero-order valence-electron chi connectivity index (χ0n) is 8.81. The van der Waals surface area contributed by atoms with Crippen LogP contribution in [0.25, 0.3) is 0 Å². The first-order chi connectivity index (χ1) is 6.83. The fourth-order valence-corrected chi connectivity index (χ4v) is 2.60. The van der Waals surface area contributed by atoms with Gasteiger partial charge >= 0.3 is 0 Å². The Morgan fingerprint density at radius 1 is 1.53 bits per heavy atom. The van der Waals surface area contributed by atoms with E-state index in [0.29, 0.717) is 12.0 Å². The zero-order valence-corrected chi connectivity index (χ0v) is 10.4. The first-order valence-electron chi connectivity index (χ1n) is 5.03. The van der Waals surface area contributed by atoms with E-state index in [2.05, 4.69) is 5.32 Å². The third-order valence-corrected chi connectivity index (χ3v) is 3.48. The highest BCUT2D eigenvalue weighted by molar-refractivity contribution is 8.01. The summed E-state index contributed by atoms with van der Waals surface area (Å²) >= 11 is 1.57. The van der Waals surface area contributed by atoms with Crippen LogP contribution in [0.3, 0.4) is 0 Å². The molecule has 2 atom stereocenters. The Morgan fingerprint density at radius 3 is 3.07 bits per heavy atom. The lowest BCUT2D eigenvalue weighted by Crippen LogP contribution is -2.38. The molecule has 3 nitrogen and oxygen atoms in total. The molecule has 86 valence electrons. The van der Waals surface area contributed by atoms with Crippen molar-refractivity contribution in [3.63, 3.8) is 0 Å². The molecule has 2 fully saturated rings. The fourth-order valence-electron chi connectivity index (χ4n) is 2.34. The summed E-state index contributed by atoms with van der Waals surface area (Å²) in [6.45, 7) is 3.00. The molecule has 0 spiro atoms. The van der Waals surface area contributed by atoms with Crippen LogP contribution in [-0.2, 0) is 4.79 Å². The number of fused-ring (bicyclic) bond motifs is 1. The van der Waals surface area contributed by atoms with E-state index in [1.807, 2.05) is 16.6 Å². The van der Waals surface area contributed by atoms with Crippen LogP contribution >= 0.6 is 24.2 Å². The summed E-state index contributed by atoms with van der Waals surface area (Å²) in [6.07, 6.45) is 4.82. The second-order valence-electron chi connectivity index (χ2n) is 3.84. The van der Waals surface area contributed by atoms with Crippen molar-refractivity contribution < 1.29 is 4.79 Å². The van der Waals surface area contributed by atoms with Crippen molar-refractivity contribution in [2.75, 3.05) is 25.9 Å². The van der Waals surface area contributed by atoms with Gasteiger partial charge < -0.3 is 10.2 Å². The molecule has 2 heterocycles. The minimum atomic E-state index is 0. The average Bonchev–Trinajstić information content (AvgIpc) is 2.74. The maximum Gasteiger partial charge on any atom is 0.247 e. The van der Waals surface area contributed by atoms with Crippen LogP contribution < -0.4 is 5.32 Å². The van der Waals surface area contributed by atoms with Crippen LogP contribution in [0, 0.1) is 5.92 Å². The first kappa shape index (κ1) is 12.9. The minimum absolute atomic E-state index is 0. The monoisotopic (exact) mass is 248 g/mol. The Labute approximate surface area is 101 Å². The van der Waals surface area contributed by atoms with Gasteiger partial charge in [0.15, 0.2) is 0 Å². The van der Waals surface area contributed by atoms with E-state index in [9.17, 15) is 4.79 Å². The van der Waals surface area contributed by atoms with Gasteiger partial charge in [-0.3, -0.25) is 4.79 Å². The summed E-state index contributed by atoms with van der Waals surface area (Å²) in [5, 5.41) is 5.20. The van der Waals surface area contributed by atoms with Gasteiger partial charge in [0.1, 0.15) is 0 Å². The maximum atomic E-state index is 11.7. The molecule has 15 heavy (non-hydrogen) atoms. The quantitative estimate of drug-likeness (QED) is 0.743. The van der Waals surface area contributed by atoms with Gasteiger partial charge in [-0.25, -0.2) is 0 Å². The van der Waals surface area contributed by atoms with Crippen LogP contribution in [0.5, 0.6) is 0 Å². The predicted octanol–water partition coefficient (Wildman–Crippen LogP) is 1.11. The molecule has 0 unspecified atom stereocenters. The number of likely N-dealkylation sites (tertiary alicyclic amines) is 1. The average molecular weight is 249 g/mol. The van der Waals surface area contributed by atoms with Crippen molar-refractivity contribution in [2.24, 2.45) is 5.92 Å². The van der Waals surface area contributed by atoms with E-state index >= 15 is 0 Å². The van der Waals surface area contributed by atoms with E-state index in [4.69, 9.17) is 0 Å². The molecule has 0 radical (unpaired) electrons. The Balaban J connectivity index is 0.00000112. The number of rotatable bonds is 2. The number of amides is 1. The number of nitrogens with one attached hydrogen (secondary N) is 1. The molecule has 0 aromatic rings. The summed E-state index contributed by atoms with van der Waals surface area (Å²) in [7, 11) is 0. The van der Waals surface area contributed by atoms with Crippen LogP contribution in [0.15, 0.2) is 11.5 Å². The Morgan fingerprint density at radius 2 is 2.33 bits per heavy atom. The summed E-state index contributed by atoms with van der Waals surface area (Å²) in [5.41, 5.74) is 0. The van der Waals surface area contributed by atoms with Gasteiger partial charge in [-0.15, -0.1) is 24.2 Å². The maximum absolute atomic E-state index is 11.7. The number of thioether (sulfide) groups is 1. The van der Waals surface area contributed by atoms with E-state index < -0.39 is 0 Å². The SMILES string of the molecule is CS/C=C/C(=O)N1CC[C@H]2CNC[C@H]21.Cl. The number of nitrogens with zero attached hydrogens (tertiary/aromatic N) is 1. The van der Waals surface area contributed by atoms with E-state index in [1.54, 1.807) is 17.8 Å². The summed E-state index contributed by atoms with van der Waals surface area (Å²) in [4.78, 5) is 13.8. The fraction of sp³-hybridized carbons (Fsp3) is 0.700. The summed E-state index contributed by atoms with van der Waals surface area (Å²) in [5.74, 6) is 0.872. The molecule has 1 N–H and O–H groups in total. The molecule has 0 aromatic carbocycles. The summed E-state index contributed by atoms with van der Waals surface area (Å²) in [6, 6.07) is 0.453. The molecule has 0 saturated carbocycles. The van der Waals surface area contributed by atoms with Crippen LogP contribution in [0.1, 0.15) is 6.42 Å².